The molecule has 0 bridgehead atoms. The first kappa shape index (κ1) is 35.0. The summed E-state index contributed by atoms with van der Waals surface area (Å²) in [5.74, 6) is 1.18. The molecule has 0 atom stereocenters. The number of halogens is 6. The lowest BCUT2D eigenvalue weighted by atomic mass is 9.82. The minimum Gasteiger partial charge on any atom is -0.332 e. The van der Waals surface area contributed by atoms with E-state index in [0.717, 1.165) is 19.3 Å². The number of carbonyl (C=O) groups is 1. The number of pyridine rings is 1. The molecule has 0 radical (unpaired) electrons. The van der Waals surface area contributed by atoms with E-state index in [1.165, 1.54) is 12.3 Å². The SMILES string of the molecule is CC.CC.CC.Cn1c(CCCCCCC#CC2CC(F)(F)C2)c(C(=O)C(F)(F)F)c2cc(Br)cnc21. The quantitative estimate of drug-likeness (QED) is 0.138. The van der Waals surface area contributed by atoms with E-state index in [0.29, 0.717) is 35.1 Å². The number of ketones is 1. The van der Waals surface area contributed by atoms with Crippen LogP contribution >= 0.6 is 15.9 Å². The Kier molecular flexibility index (Phi) is 15.9. The molecular formula is C28H40BrF5N2O. The van der Waals surface area contributed by atoms with Crippen LogP contribution in [-0.4, -0.2) is 27.4 Å². The molecule has 0 aliphatic heterocycles. The first-order valence-corrected chi connectivity index (χ1v) is 13.9. The fraction of sp³-hybridized carbons (Fsp3) is 0.643. The summed E-state index contributed by atoms with van der Waals surface area (Å²) in [6, 6.07) is 1.49. The molecule has 3 nitrogen and oxygen atoms in total. The second-order valence-electron chi connectivity index (χ2n) is 7.93. The number of hydrogen-bond acceptors (Lipinski definition) is 2. The van der Waals surface area contributed by atoms with E-state index in [2.05, 4.69) is 32.8 Å². The fourth-order valence-electron chi connectivity index (χ4n) is 3.86. The van der Waals surface area contributed by atoms with E-state index in [1.54, 1.807) is 11.6 Å². The topological polar surface area (TPSA) is 34.9 Å². The third-order valence-corrected chi connectivity index (χ3v) is 5.89. The van der Waals surface area contributed by atoms with Crippen molar-refractivity contribution in [3.8, 4) is 11.8 Å². The molecule has 2 heterocycles. The van der Waals surface area contributed by atoms with Gasteiger partial charge in [0.25, 0.3) is 11.7 Å². The van der Waals surface area contributed by atoms with Gasteiger partial charge in [0.05, 0.1) is 5.56 Å². The number of aryl methyl sites for hydroxylation is 1. The Morgan fingerprint density at radius 1 is 1.08 bits per heavy atom. The van der Waals surface area contributed by atoms with Crippen LogP contribution in [0, 0.1) is 17.8 Å². The molecule has 2 aromatic rings. The van der Waals surface area contributed by atoms with Gasteiger partial charge in [-0.2, -0.15) is 13.2 Å². The highest BCUT2D eigenvalue weighted by Crippen LogP contribution is 2.41. The summed E-state index contributed by atoms with van der Waals surface area (Å²) in [6.45, 7) is 12.0. The van der Waals surface area contributed by atoms with Crippen LogP contribution in [0.25, 0.3) is 11.0 Å². The van der Waals surface area contributed by atoms with Gasteiger partial charge in [0, 0.05) is 54.0 Å². The average molecular weight is 596 g/mol. The maximum absolute atomic E-state index is 13.2. The van der Waals surface area contributed by atoms with E-state index in [-0.39, 0.29) is 29.7 Å². The first-order chi connectivity index (χ1) is 17.5. The third-order valence-electron chi connectivity index (χ3n) is 5.46. The Morgan fingerprint density at radius 2 is 1.65 bits per heavy atom. The van der Waals surface area contributed by atoms with Crippen molar-refractivity contribution in [2.24, 2.45) is 13.0 Å². The third kappa shape index (κ3) is 10.4. The average Bonchev–Trinajstić information content (AvgIpc) is 3.12. The highest BCUT2D eigenvalue weighted by Gasteiger charge is 2.44. The summed E-state index contributed by atoms with van der Waals surface area (Å²) >= 11 is 3.20. The zero-order chi connectivity index (χ0) is 28.8. The van der Waals surface area contributed by atoms with Crippen LogP contribution in [0.15, 0.2) is 16.7 Å². The maximum atomic E-state index is 13.2. The number of rotatable bonds is 7. The largest absolute Gasteiger partial charge is 0.454 e. The lowest BCUT2D eigenvalue weighted by Crippen LogP contribution is -2.34. The standard InChI is InChI=1S/C22H22BrF5N2O.3C2H6/c1-30-17(9-7-5-3-2-4-6-8-14-11-21(24,25)12-14)18(19(31)22(26,27)28)16-10-15(23)13-29-20(16)30;3*1-2/h10,13-14H,2-5,7,9,11-12H2,1H3;3*1-2H3. The first-order valence-electron chi connectivity index (χ1n) is 13.1. The van der Waals surface area contributed by atoms with Gasteiger partial charge in [-0.3, -0.25) is 4.79 Å². The zero-order valence-electron chi connectivity index (χ0n) is 23.0. The summed E-state index contributed by atoms with van der Waals surface area (Å²) in [6.07, 6.45) is 0.155. The molecule has 0 amide bonds. The second-order valence-corrected chi connectivity index (χ2v) is 8.84. The number of Topliss-reactive ketones (excluding diaryl/α,β-unsaturated/α-hetero) is 1. The number of hydrogen-bond donors (Lipinski definition) is 0. The summed E-state index contributed by atoms with van der Waals surface area (Å²) in [4.78, 5) is 16.3. The smallest absolute Gasteiger partial charge is 0.332 e. The summed E-state index contributed by atoms with van der Waals surface area (Å²) < 4.78 is 67.1. The Hall–Kier alpha value is -1.95. The number of nitrogens with zero attached hydrogens (tertiary/aromatic N) is 2. The molecule has 0 unspecified atom stereocenters. The van der Waals surface area contributed by atoms with Gasteiger partial charge in [0.2, 0.25) is 0 Å². The molecule has 0 saturated heterocycles. The highest BCUT2D eigenvalue weighted by atomic mass is 79.9. The number of carbonyl (C=O) groups excluding carboxylic acids is 1. The van der Waals surface area contributed by atoms with Gasteiger partial charge in [0.15, 0.2) is 0 Å². The van der Waals surface area contributed by atoms with Crippen molar-refractivity contribution in [1.82, 2.24) is 9.55 Å². The van der Waals surface area contributed by atoms with Crippen LogP contribution in [0.2, 0.25) is 0 Å². The molecule has 210 valence electrons. The fourth-order valence-corrected chi connectivity index (χ4v) is 4.19. The number of unbranched alkanes of at least 4 members (excludes halogenated alkanes) is 4. The number of fused-ring (bicyclic) bond motifs is 1. The summed E-state index contributed by atoms with van der Waals surface area (Å²) in [5, 5.41) is 0.186. The minimum atomic E-state index is -4.96. The maximum Gasteiger partial charge on any atom is 0.454 e. The number of alkyl halides is 5. The van der Waals surface area contributed by atoms with Crippen molar-refractivity contribution in [2.75, 3.05) is 0 Å². The molecule has 1 fully saturated rings. The van der Waals surface area contributed by atoms with Crippen LogP contribution in [-0.2, 0) is 13.5 Å². The van der Waals surface area contributed by atoms with Crippen LogP contribution in [0.1, 0.15) is 103 Å². The monoisotopic (exact) mass is 594 g/mol. The lowest BCUT2D eigenvalue weighted by molar-refractivity contribution is -0.0937. The van der Waals surface area contributed by atoms with Crippen molar-refractivity contribution in [2.45, 2.75) is 105 Å². The van der Waals surface area contributed by atoms with Gasteiger partial charge in [0.1, 0.15) is 5.65 Å². The Labute approximate surface area is 226 Å². The molecule has 0 spiro atoms. The van der Waals surface area contributed by atoms with Gasteiger partial charge in [-0.25, -0.2) is 13.8 Å². The highest BCUT2D eigenvalue weighted by molar-refractivity contribution is 9.10. The summed E-state index contributed by atoms with van der Waals surface area (Å²) in [7, 11) is 1.62. The van der Waals surface area contributed by atoms with Crippen LogP contribution in [0.4, 0.5) is 22.0 Å². The van der Waals surface area contributed by atoms with Crippen LogP contribution < -0.4 is 0 Å². The van der Waals surface area contributed by atoms with E-state index in [4.69, 9.17) is 0 Å². The molecule has 1 aliphatic carbocycles. The molecule has 2 aromatic heterocycles. The molecule has 0 aromatic carbocycles. The van der Waals surface area contributed by atoms with Gasteiger partial charge in [-0.15, -0.1) is 5.92 Å². The van der Waals surface area contributed by atoms with Gasteiger partial charge >= 0.3 is 6.18 Å². The van der Waals surface area contributed by atoms with Crippen molar-refractivity contribution in [1.29, 1.82) is 0 Å². The summed E-state index contributed by atoms with van der Waals surface area (Å²) in [5.41, 5.74) is 0.332. The molecule has 9 heteroatoms. The molecule has 1 aliphatic rings. The van der Waals surface area contributed by atoms with Crippen molar-refractivity contribution in [3.05, 3.63) is 28.0 Å². The van der Waals surface area contributed by atoms with Crippen molar-refractivity contribution >= 4 is 32.7 Å². The van der Waals surface area contributed by atoms with Gasteiger partial charge in [-0.1, -0.05) is 60.3 Å². The van der Waals surface area contributed by atoms with E-state index in [9.17, 15) is 26.7 Å². The van der Waals surface area contributed by atoms with Gasteiger partial charge < -0.3 is 4.57 Å². The Morgan fingerprint density at radius 3 is 2.19 bits per heavy atom. The molecule has 1 saturated carbocycles. The van der Waals surface area contributed by atoms with E-state index in [1.807, 2.05) is 41.5 Å². The molecule has 0 N–H and O–H groups in total. The minimum absolute atomic E-state index is 0.157. The predicted molar refractivity (Wildman–Crippen MR) is 145 cm³/mol. The second kappa shape index (κ2) is 16.8. The van der Waals surface area contributed by atoms with Crippen LogP contribution in [0.5, 0.6) is 0 Å². The zero-order valence-corrected chi connectivity index (χ0v) is 24.5. The molecule has 37 heavy (non-hydrogen) atoms. The molecular weight excluding hydrogens is 555 g/mol. The normalized spacial score (nSPS) is 14.0. The van der Waals surface area contributed by atoms with Gasteiger partial charge in [-0.05, 0) is 41.3 Å². The van der Waals surface area contributed by atoms with E-state index >= 15 is 0 Å². The Balaban J connectivity index is 0.00000201. The lowest BCUT2D eigenvalue weighted by Gasteiger charge is -2.31. The van der Waals surface area contributed by atoms with E-state index < -0.39 is 17.9 Å². The predicted octanol–water partition coefficient (Wildman–Crippen LogP) is 9.70. The van der Waals surface area contributed by atoms with Crippen LogP contribution in [0.3, 0.4) is 0 Å². The Bertz CT molecular complexity index is 1030. The number of aromatic nitrogens is 2. The molecule has 3 rings (SSSR count). The van der Waals surface area contributed by atoms with Crippen molar-refractivity contribution < 1.29 is 26.7 Å². The van der Waals surface area contributed by atoms with Crippen molar-refractivity contribution in [3.63, 3.8) is 0 Å².